The summed E-state index contributed by atoms with van der Waals surface area (Å²) in [6.45, 7) is 21.5. The third-order valence-corrected chi connectivity index (χ3v) is 3.48. The normalized spacial score (nSPS) is 12.0. The van der Waals surface area contributed by atoms with Gasteiger partial charge in [-0.3, -0.25) is 0 Å². The van der Waals surface area contributed by atoms with Gasteiger partial charge in [0.2, 0.25) is 0 Å². The molecule has 0 saturated carbocycles. The van der Waals surface area contributed by atoms with E-state index in [1.807, 2.05) is 41.5 Å². The topological polar surface area (TPSA) is 69.9 Å². The third-order valence-electron chi connectivity index (χ3n) is 3.48. The van der Waals surface area contributed by atoms with Gasteiger partial charge in [-0.05, 0) is 55.4 Å². The minimum Gasteiger partial charge on any atom is -0.387 e. The number of hydrogen-bond donors (Lipinski definition) is 3. The van der Waals surface area contributed by atoms with E-state index in [2.05, 4.69) is 0 Å². The highest BCUT2D eigenvalue weighted by atomic mass is 16.5. The van der Waals surface area contributed by atoms with Gasteiger partial charge in [-0.2, -0.15) is 0 Å². The van der Waals surface area contributed by atoms with Crippen LogP contribution in [0.4, 0.5) is 0 Å². The molecule has 0 aliphatic heterocycles. The molecule has 0 atom stereocenters. The molecule has 0 spiro atoms. The van der Waals surface area contributed by atoms with E-state index < -0.39 is 22.4 Å². The quantitative estimate of drug-likeness (QED) is 0.742. The van der Waals surface area contributed by atoms with Crippen LogP contribution in [0, 0.1) is 0 Å². The summed E-state index contributed by atoms with van der Waals surface area (Å²) in [6.07, 6.45) is 0. The standard InChI is InChI=1S/C7H16O2.C6H14O2.2C2H6/c1-6(2,8)7(3,4)9-5;1-5(2,7)6(3,4)8;2*1-2/h8H,1-5H3;7-8H,1-4H3;2*1-2H3. The Hall–Kier alpha value is -0.160. The summed E-state index contributed by atoms with van der Waals surface area (Å²) in [5.74, 6) is 0. The highest BCUT2D eigenvalue weighted by Crippen LogP contribution is 2.23. The zero-order valence-corrected chi connectivity index (χ0v) is 16.7. The number of aliphatic hydroxyl groups is 3. The van der Waals surface area contributed by atoms with Crippen LogP contribution in [0.2, 0.25) is 0 Å². The maximum atomic E-state index is 9.42. The number of methoxy groups -OCH3 is 1. The molecule has 4 heteroatoms. The van der Waals surface area contributed by atoms with Crippen LogP contribution in [0.1, 0.15) is 83.1 Å². The van der Waals surface area contributed by atoms with Crippen LogP contribution in [0.3, 0.4) is 0 Å². The summed E-state index contributed by atoms with van der Waals surface area (Å²) in [6, 6.07) is 0. The summed E-state index contributed by atoms with van der Waals surface area (Å²) in [4.78, 5) is 0. The fraction of sp³-hybridized carbons (Fsp3) is 1.00. The smallest absolute Gasteiger partial charge is 0.0902 e. The van der Waals surface area contributed by atoms with E-state index in [0.29, 0.717) is 0 Å². The Morgan fingerprint density at radius 2 is 0.714 bits per heavy atom. The van der Waals surface area contributed by atoms with E-state index in [4.69, 9.17) is 14.9 Å². The van der Waals surface area contributed by atoms with Crippen molar-refractivity contribution >= 4 is 0 Å². The van der Waals surface area contributed by atoms with E-state index >= 15 is 0 Å². The maximum Gasteiger partial charge on any atom is 0.0902 e. The van der Waals surface area contributed by atoms with Gasteiger partial charge in [0, 0.05) is 7.11 Å². The Labute approximate surface area is 133 Å². The summed E-state index contributed by atoms with van der Waals surface area (Å²) in [7, 11) is 1.60. The van der Waals surface area contributed by atoms with Crippen molar-refractivity contribution in [2.75, 3.05) is 7.11 Å². The van der Waals surface area contributed by atoms with Gasteiger partial charge >= 0.3 is 0 Å². The molecule has 0 rings (SSSR count). The fourth-order valence-corrected chi connectivity index (χ4v) is 0.250. The lowest BCUT2D eigenvalue weighted by Crippen LogP contribution is -2.46. The number of hydrogen-bond acceptors (Lipinski definition) is 4. The van der Waals surface area contributed by atoms with Crippen LogP contribution in [0.25, 0.3) is 0 Å². The molecule has 0 aromatic rings. The summed E-state index contributed by atoms with van der Waals surface area (Å²) in [5, 5.41) is 27.6. The van der Waals surface area contributed by atoms with Crippen LogP contribution in [-0.4, -0.2) is 44.8 Å². The molecule has 0 aromatic carbocycles. The Morgan fingerprint density at radius 3 is 0.714 bits per heavy atom. The van der Waals surface area contributed by atoms with Crippen molar-refractivity contribution in [1.82, 2.24) is 0 Å². The average molecular weight is 311 g/mol. The van der Waals surface area contributed by atoms with Crippen molar-refractivity contribution in [3.63, 3.8) is 0 Å². The highest BCUT2D eigenvalue weighted by molar-refractivity contribution is 4.86. The molecule has 4 nitrogen and oxygen atoms in total. The van der Waals surface area contributed by atoms with Crippen LogP contribution in [0.15, 0.2) is 0 Å². The fourth-order valence-electron chi connectivity index (χ4n) is 0.250. The van der Waals surface area contributed by atoms with Crippen molar-refractivity contribution in [2.24, 2.45) is 0 Å². The molecule has 0 fully saturated rings. The van der Waals surface area contributed by atoms with E-state index in [1.54, 1.807) is 48.7 Å². The van der Waals surface area contributed by atoms with Crippen molar-refractivity contribution < 1.29 is 20.1 Å². The molecule has 0 saturated heterocycles. The van der Waals surface area contributed by atoms with Crippen molar-refractivity contribution in [3.8, 4) is 0 Å². The Balaban J connectivity index is -0.000000111. The van der Waals surface area contributed by atoms with Gasteiger partial charge in [0.15, 0.2) is 0 Å². The van der Waals surface area contributed by atoms with Crippen molar-refractivity contribution in [3.05, 3.63) is 0 Å². The van der Waals surface area contributed by atoms with E-state index in [1.165, 1.54) is 0 Å². The van der Waals surface area contributed by atoms with Gasteiger partial charge in [-0.25, -0.2) is 0 Å². The monoisotopic (exact) mass is 310 g/mol. The Kier molecular flexibility index (Phi) is 15.7. The molecule has 3 N–H and O–H groups in total. The van der Waals surface area contributed by atoms with Crippen molar-refractivity contribution in [1.29, 1.82) is 0 Å². The lowest BCUT2D eigenvalue weighted by molar-refractivity contribution is -0.129. The highest BCUT2D eigenvalue weighted by Gasteiger charge is 2.34. The lowest BCUT2D eigenvalue weighted by Gasteiger charge is -2.35. The molecule has 0 bridgehead atoms. The largest absolute Gasteiger partial charge is 0.387 e. The molecule has 0 aliphatic carbocycles. The molecular weight excluding hydrogens is 268 g/mol. The second kappa shape index (κ2) is 11.4. The van der Waals surface area contributed by atoms with Crippen molar-refractivity contribution in [2.45, 2.75) is 105 Å². The first-order valence-electron chi connectivity index (χ1n) is 7.78. The molecule has 0 aliphatic rings. The predicted octanol–water partition coefficient (Wildman–Crippen LogP) is 3.76. The molecule has 0 radical (unpaired) electrons. The first-order chi connectivity index (χ1) is 9.06. The molecular formula is C17H42O4. The van der Waals surface area contributed by atoms with Gasteiger partial charge in [0.1, 0.15) is 0 Å². The molecule has 0 unspecified atom stereocenters. The van der Waals surface area contributed by atoms with Gasteiger partial charge < -0.3 is 20.1 Å². The Bertz CT molecular complexity index is 202. The average Bonchev–Trinajstić information content (AvgIpc) is 2.31. The van der Waals surface area contributed by atoms with Crippen LogP contribution < -0.4 is 0 Å². The van der Waals surface area contributed by atoms with E-state index in [0.717, 1.165) is 0 Å². The zero-order chi connectivity index (χ0) is 18.7. The second-order valence-corrected chi connectivity index (χ2v) is 6.39. The van der Waals surface area contributed by atoms with Gasteiger partial charge in [0.05, 0.1) is 22.4 Å². The first-order valence-corrected chi connectivity index (χ1v) is 7.78. The van der Waals surface area contributed by atoms with E-state index in [9.17, 15) is 5.11 Å². The van der Waals surface area contributed by atoms with Crippen LogP contribution in [0.5, 0.6) is 0 Å². The van der Waals surface area contributed by atoms with Crippen LogP contribution >= 0.6 is 0 Å². The molecule has 0 heterocycles. The van der Waals surface area contributed by atoms with Gasteiger partial charge in [-0.15, -0.1) is 0 Å². The zero-order valence-electron chi connectivity index (χ0n) is 16.7. The predicted molar refractivity (Wildman–Crippen MR) is 92.7 cm³/mol. The number of rotatable bonds is 3. The minimum absolute atomic E-state index is 0.465. The second-order valence-electron chi connectivity index (χ2n) is 6.39. The SMILES string of the molecule is CC.CC.CC(C)(O)C(C)(C)O.COC(C)(C)C(C)(C)O. The Morgan fingerprint density at radius 1 is 0.524 bits per heavy atom. The molecule has 134 valence electrons. The summed E-state index contributed by atoms with van der Waals surface area (Å²) < 4.78 is 5.05. The summed E-state index contributed by atoms with van der Waals surface area (Å²) >= 11 is 0. The number of ether oxygens (including phenoxy) is 1. The molecule has 21 heavy (non-hydrogen) atoms. The van der Waals surface area contributed by atoms with Crippen LogP contribution in [-0.2, 0) is 4.74 Å². The third kappa shape index (κ3) is 14.5. The van der Waals surface area contributed by atoms with Gasteiger partial charge in [0.25, 0.3) is 0 Å². The van der Waals surface area contributed by atoms with E-state index in [-0.39, 0.29) is 0 Å². The minimum atomic E-state index is -1.01. The van der Waals surface area contributed by atoms with Gasteiger partial charge in [-0.1, -0.05) is 27.7 Å². The summed E-state index contributed by atoms with van der Waals surface area (Å²) in [5.41, 5.74) is -3.26. The molecule has 0 aromatic heterocycles. The molecule has 0 amide bonds. The first kappa shape index (κ1) is 28.9. The lowest BCUT2D eigenvalue weighted by atomic mass is 9.90. The maximum absolute atomic E-state index is 9.42.